The number of halogens is 4. The van der Waals surface area contributed by atoms with Crippen molar-refractivity contribution < 1.29 is 27.2 Å². The molecule has 0 aliphatic carbocycles. The summed E-state index contributed by atoms with van der Waals surface area (Å²) in [6.45, 7) is -0.149. The lowest BCUT2D eigenvalue weighted by Crippen LogP contribution is -2.29. The van der Waals surface area contributed by atoms with E-state index in [0.29, 0.717) is 6.07 Å². The average Bonchev–Trinajstić information content (AvgIpc) is 2.94. The van der Waals surface area contributed by atoms with Gasteiger partial charge in [-0.1, -0.05) is 6.07 Å². The van der Waals surface area contributed by atoms with Crippen LogP contribution in [0.1, 0.15) is 6.42 Å². The molecule has 1 atom stereocenters. The molecule has 1 N–H and O–H groups in total. The predicted octanol–water partition coefficient (Wildman–Crippen LogP) is 3.23. The Bertz CT molecular complexity index is 857. The van der Waals surface area contributed by atoms with Gasteiger partial charge >= 0.3 is 0 Å². The minimum Gasteiger partial charge on any atom is -0.323 e. The molecule has 1 heterocycles. The number of amides is 2. The number of nitrogens with one attached hydrogen (secondary N) is 1. The zero-order chi connectivity index (χ0) is 18.1. The van der Waals surface area contributed by atoms with Crippen LogP contribution in [-0.4, -0.2) is 18.4 Å². The van der Waals surface area contributed by atoms with Crippen molar-refractivity contribution in [2.75, 3.05) is 16.8 Å². The van der Waals surface area contributed by atoms with Gasteiger partial charge in [-0.2, -0.15) is 0 Å². The third-order valence-electron chi connectivity index (χ3n) is 3.91. The first-order valence-electron chi connectivity index (χ1n) is 7.37. The number of nitrogens with zero attached hydrogens (tertiary/aromatic N) is 1. The second-order valence-electron chi connectivity index (χ2n) is 5.59. The van der Waals surface area contributed by atoms with Gasteiger partial charge in [0.15, 0.2) is 11.6 Å². The number of anilines is 2. The summed E-state index contributed by atoms with van der Waals surface area (Å²) in [4.78, 5) is 25.3. The van der Waals surface area contributed by atoms with Crippen molar-refractivity contribution in [1.82, 2.24) is 0 Å². The van der Waals surface area contributed by atoms with Crippen molar-refractivity contribution >= 4 is 23.2 Å². The molecule has 8 heteroatoms. The van der Waals surface area contributed by atoms with Crippen LogP contribution < -0.4 is 10.2 Å². The van der Waals surface area contributed by atoms with Crippen LogP contribution in [0, 0.1) is 29.2 Å². The van der Waals surface area contributed by atoms with Gasteiger partial charge in [-0.15, -0.1) is 0 Å². The molecule has 1 fully saturated rings. The maximum absolute atomic E-state index is 13.8. The van der Waals surface area contributed by atoms with Crippen LogP contribution in [0.3, 0.4) is 0 Å². The highest BCUT2D eigenvalue weighted by Gasteiger charge is 2.36. The van der Waals surface area contributed by atoms with Gasteiger partial charge in [-0.3, -0.25) is 9.59 Å². The van der Waals surface area contributed by atoms with Gasteiger partial charge < -0.3 is 10.2 Å². The van der Waals surface area contributed by atoms with Crippen LogP contribution in [0.4, 0.5) is 28.9 Å². The van der Waals surface area contributed by atoms with Gasteiger partial charge in [-0.25, -0.2) is 17.6 Å². The van der Waals surface area contributed by atoms with E-state index in [4.69, 9.17) is 0 Å². The minimum absolute atomic E-state index is 0.140. The Hall–Kier alpha value is -2.90. The molecule has 130 valence electrons. The lowest BCUT2D eigenvalue weighted by atomic mass is 10.1. The lowest BCUT2D eigenvalue weighted by molar-refractivity contribution is -0.122. The van der Waals surface area contributed by atoms with E-state index in [9.17, 15) is 27.2 Å². The molecule has 1 unspecified atom stereocenters. The summed E-state index contributed by atoms with van der Waals surface area (Å²) in [6, 6.07) is 6.07. The summed E-state index contributed by atoms with van der Waals surface area (Å²) in [5.74, 6) is -6.13. The van der Waals surface area contributed by atoms with Gasteiger partial charge in [-0.05, 0) is 24.3 Å². The fourth-order valence-electron chi connectivity index (χ4n) is 2.65. The Labute approximate surface area is 140 Å². The number of benzene rings is 2. The first-order valence-corrected chi connectivity index (χ1v) is 7.37. The first-order chi connectivity index (χ1) is 11.9. The minimum atomic E-state index is -1.21. The molecular weight excluding hydrogens is 340 g/mol. The third-order valence-corrected chi connectivity index (χ3v) is 3.91. The number of rotatable bonds is 3. The van der Waals surface area contributed by atoms with E-state index in [0.717, 1.165) is 23.1 Å². The molecule has 4 nitrogen and oxygen atoms in total. The summed E-state index contributed by atoms with van der Waals surface area (Å²) >= 11 is 0. The predicted molar refractivity (Wildman–Crippen MR) is 81.8 cm³/mol. The van der Waals surface area contributed by atoms with E-state index in [1.54, 1.807) is 0 Å². The van der Waals surface area contributed by atoms with Crippen molar-refractivity contribution in [2.24, 2.45) is 5.92 Å². The zero-order valence-electron chi connectivity index (χ0n) is 12.7. The smallest absolute Gasteiger partial charge is 0.229 e. The van der Waals surface area contributed by atoms with Gasteiger partial charge in [0.1, 0.15) is 11.6 Å². The van der Waals surface area contributed by atoms with E-state index in [1.807, 2.05) is 0 Å². The Kier molecular flexibility index (Phi) is 4.43. The van der Waals surface area contributed by atoms with E-state index >= 15 is 0 Å². The quantitative estimate of drug-likeness (QED) is 0.863. The van der Waals surface area contributed by atoms with Crippen LogP contribution in [0.5, 0.6) is 0 Å². The molecule has 1 aliphatic rings. The fraction of sp³-hybridized carbons (Fsp3) is 0.176. The molecule has 0 aromatic heterocycles. The van der Waals surface area contributed by atoms with Crippen LogP contribution in [0.2, 0.25) is 0 Å². The monoisotopic (exact) mass is 352 g/mol. The number of hydrogen-bond acceptors (Lipinski definition) is 2. The van der Waals surface area contributed by atoms with Crippen LogP contribution in [0.25, 0.3) is 0 Å². The maximum Gasteiger partial charge on any atom is 0.229 e. The first kappa shape index (κ1) is 16.9. The van der Waals surface area contributed by atoms with E-state index in [-0.39, 0.29) is 24.3 Å². The average molecular weight is 352 g/mol. The number of carbonyl (C=O) groups is 2. The summed E-state index contributed by atoms with van der Waals surface area (Å²) < 4.78 is 53.6. The number of hydrogen-bond donors (Lipinski definition) is 1. The summed E-state index contributed by atoms with van der Waals surface area (Å²) in [5, 5.41) is 2.22. The largest absolute Gasteiger partial charge is 0.323 e. The Morgan fingerprint density at radius 1 is 1.08 bits per heavy atom. The molecule has 0 radical (unpaired) electrons. The van der Waals surface area contributed by atoms with E-state index in [2.05, 4.69) is 5.32 Å². The van der Waals surface area contributed by atoms with Crippen LogP contribution in [0.15, 0.2) is 36.4 Å². The summed E-state index contributed by atoms with van der Waals surface area (Å²) in [7, 11) is 0. The van der Waals surface area contributed by atoms with Gasteiger partial charge in [0.2, 0.25) is 11.8 Å². The molecule has 2 aromatic rings. The topological polar surface area (TPSA) is 49.4 Å². The van der Waals surface area contributed by atoms with Crippen molar-refractivity contribution in [3.63, 3.8) is 0 Å². The second-order valence-corrected chi connectivity index (χ2v) is 5.59. The standard InChI is InChI=1S/C17H12F4N2O2/c18-10-4-5-14(12(20)7-10)23-8-9(6-15(23)24)17(25)22-13-3-1-2-11(19)16(13)21/h1-5,7,9H,6,8H2,(H,22,25). The van der Waals surface area contributed by atoms with Gasteiger partial charge in [0, 0.05) is 19.0 Å². The van der Waals surface area contributed by atoms with Crippen LogP contribution >= 0.6 is 0 Å². The highest BCUT2D eigenvalue weighted by atomic mass is 19.2. The second kappa shape index (κ2) is 6.54. The molecule has 1 saturated heterocycles. The van der Waals surface area contributed by atoms with Crippen molar-refractivity contribution in [3.8, 4) is 0 Å². The van der Waals surface area contributed by atoms with E-state index in [1.165, 1.54) is 12.1 Å². The molecular formula is C17H12F4N2O2. The maximum atomic E-state index is 13.8. The molecule has 25 heavy (non-hydrogen) atoms. The Morgan fingerprint density at radius 3 is 2.56 bits per heavy atom. The van der Waals surface area contributed by atoms with Crippen molar-refractivity contribution in [2.45, 2.75) is 6.42 Å². The van der Waals surface area contributed by atoms with E-state index < -0.39 is 41.0 Å². The molecule has 0 bridgehead atoms. The van der Waals surface area contributed by atoms with Crippen molar-refractivity contribution in [1.29, 1.82) is 0 Å². The molecule has 0 saturated carbocycles. The third kappa shape index (κ3) is 3.33. The Balaban J connectivity index is 1.75. The molecule has 1 aliphatic heterocycles. The SMILES string of the molecule is O=C(Nc1cccc(F)c1F)C1CC(=O)N(c2ccc(F)cc2F)C1. The normalized spacial score (nSPS) is 17.0. The highest BCUT2D eigenvalue weighted by Crippen LogP contribution is 2.29. The van der Waals surface area contributed by atoms with Gasteiger partial charge in [0.25, 0.3) is 0 Å². The molecule has 0 spiro atoms. The summed E-state index contributed by atoms with van der Waals surface area (Å²) in [5.41, 5.74) is -0.484. The summed E-state index contributed by atoms with van der Waals surface area (Å²) in [6.07, 6.45) is -0.223. The molecule has 3 rings (SSSR count). The van der Waals surface area contributed by atoms with Crippen LogP contribution in [-0.2, 0) is 9.59 Å². The van der Waals surface area contributed by atoms with Gasteiger partial charge in [0.05, 0.1) is 17.3 Å². The molecule has 2 amide bonds. The lowest BCUT2D eigenvalue weighted by Gasteiger charge is -2.17. The zero-order valence-corrected chi connectivity index (χ0v) is 12.7. The highest BCUT2D eigenvalue weighted by molar-refractivity contribution is 6.03. The Morgan fingerprint density at radius 2 is 1.84 bits per heavy atom. The number of carbonyl (C=O) groups excluding carboxylic acids is 2. The van der Waals surface area contributed by atoms with Crippen molar-refractivity contribution in [3.05, 3.63) is 59.7 Å². The molecule has 2 aromatic carbocycles. The fourth-order valence-corrected chi connectivity index (χ4v) is 2.65.